The lowest BCUT2D eigenvalue weighted by Gasteiger charge is -2.44. The Morgan fingerprint density at radius 2 is 0.750 bits per heavy atom. The molecule has 0 saturated carbocycles. The van der Waals surface area contributed by atoms with Gasteiger partial charge in [-0.2, -0.15) is 0 Å². The largest absolute Gasteiger partial charge is 0.388 e. The highest BCUT2D eigenvalue weighted by Crippen LogP contribution is 2.67. The van der Waals surface area contributed by atoms with Crippen LogP contribution < -0.4 is 0 Å². The van der Waals surface area contributed by atoms with Crippen LogP contribution in [0.1, 0.15) is 41.7 Å². The van der Waals surface area contributed by atoms with E-state index in [1.54, 1.807) is 0 Å². The molecular weight excluding hydrogens is 977 g/mol. The summed E-state index contributed by atoms with van der Waals surface area (Å²) in [6, 6.07) is 1.99. The number of halogens is 21. The summed E-state index contributed by atoms with van der Waals surface area (Å²) in [6.45, 7) is 1.52. The van der Waals surface area contributed by atoms with Crippen LogP contribution in [0.5, 0.6) is 0 Å². The fourth-order valence-electron chi connectivity index (χ4n) is 2.97. The molecule has 1 aromatic rings. The quantitative estimate of drug-likeness (QED) is 0.257. The molecule has 0 aliphatic heterocycles. The second kappa shape index (κ2) is 13.9. The SMILES string of the molecule is CCC(O)c1c(C(Cl)(Cl)C(Cl)(Cl)C(Cl)(Cl)Cl)cc(C(Cl)(Cl)C(Cl)(Cl)C(Cl)(Cl)Cl)cc1C(Cl)(Cl)C(Cl)(Cl)C(Cl)(Cl)Cl. The van der Waals surface area contributed by atoms with Crippen molar-refractivity contribution >= 4 is 244 Å². The summed E-state index contributed by atoms with van der Waals surface area (Å²) < 4.78 is -24.0. The topological polar surface area (TPSA) is 20.2 Å². The summed E-state index contributed by atoms with van der Waals surface area (Å²) in [7, 11) is 0. The lowest BCUT2D eigenvalue weighted by molar-refractivity contribution is 0.170. The first-order chi connectivity index (χ1) is 17.2. The molecule has 0 saturated heterocycles. The molecular formula is C18H9Cl21O. The molecule has 1 aromatic carbocycles. The molecule has 22 heteroatoms. The summed E-state index contributed by atoms with van der Waals surface area (Å²) >= 11 is 132. The molecule has 1 rings (SSSR count). The zero-order valence-electron chi connectivity index (χ0n) is 18.3. The first-order valence-electron chi connectivity index (χ1n) is 9.54. The molecule has 40 heavy (non-hydrogen) atoms. The number of benzene rings is 1. The van der Waals surface area contributed by atoms with Crippen molar-refractivity contribution in [2.75, 3.05) is 0 Å². The van der Waals surface area contributed by atoms with Crippen LogP contribution in [0.15, 0.2) is 12.1 Å². The smallest absolute Gasteiger partial charge is 0.226 e. The Morgan fingerprint density at radius 1 is 0.500 bits per heavy atom. The Morgan fingerprint density at radius 3 is 0.975 bits per heavy atom. The third-order valence-electron chi connectivity index (χ3n) is 5.19. The zero-order chi connectivity index (χ0) is 32.5. The van der Waals surface area contributed by atoms with Gasteiger partial charge in [0.15, 0.2) is 13.0 Å². The molecule has 1 nitrogen and oxygen atoms in total. The fourth-order valence-corrected chi connectivity index (χ4v) is 7.44. The Hall–Kier alpha value is 5.27. The van der Waals surface area contributed by atoms with Crippen molar-refractivity contribution in [2.24, 2.45) is 0 Å². The summed E-state index contributed by atoms with van der Waals surface area (Å²) in [5.41, 5.74) is -1.77. The minimum Gasteiger partial charge on any atom is -0.388 e. The monoisotopic (exact) mass is 975 g/mol. The number of aliphatic hydroxyl groups is 1. The molecule has 0 heterocycles. The Kier molecular flexibility index (Phi) is 15.0. The van der Waals surface area contributed by atoms with Gasteiger partial charge in [0, 0.05) is 0 Å². The minimum atomic E-state index is -2.73. The average Bonchev–Trinajstić information content (AvgIpc) is 2.74. The van der Waals surface area contributed by atoms with E-state index < -0.39 is 60.2 Å². The summed E-state index contributed by atoms with van der Waals surface area (Å²) in [5, 5.41) is 11.2. The Labute approximate surface area is 335 Å². The van der Waals surface area contributed by atoms with E-state index >= 15 is 0 Å². The molecule has 0 radical (unpaired) electrons. The van der Waals surface area contributed by atoms with Gasteiger partial charge in [0.2, 0.25) is 24.4 Å². The van der Waals surface area contributed by atoms with Crippen molar-refractivity contribution in [2.45, 2.75) is 56.8 Å². The molecule has 1 N–H and O–H groups in total. The number of rotatable bonds is 8. The second-order valence-corrected chi connectivity index (χ2v) is 22.7. The van der Waals surface area contributed by atoms with Crippen molar-refractivity contribution in [1.29, 1.82) is 0 Å². The molecule has 0 aromatic heterocycles. The van der Waals surface area contributed by atoms with E-state index in [0.717, 1.165) is 12.1 Å². The molecule has 0 fully saturated rings. The molecule has 0 aliphatic carbocycles. The molecule has 0 spiro atoms. The van der Waals surface area contributed by atoms with Crippen molar-refractivity contribution in [3.05, 3.63) is 34.4 Å². The minimum absolute atomic E-state index is 0.0836. The molecule has 1 unspecified atom stereocenters. The van der Waals surface area contributed by atoms with Gasteiger partial charge < -0.3 is 5.11 Å². The van der Waals surface area contributed by atoms with Gasteiger partial charge in [0.1, 0.15) is 0 Å². The van der Waals surface area contributed by atoms with E-state index in [0.29, 0.717) is 0 Å². The van der Waals surface area contributed by atoms with Crippen molar-refractivity contribution < 1.29 is 5.11 Å². The Balaban J connectivity index is 4.62. The van der Waals surface area contributed by atoms with Gasteiger partial charge in [-0.25, -0.2) is 0 Å². The highest BCUT2D eigenvalue weighted by Gasteiger charge is 2.66. The second-order valence-electron chi connectivity index (χ2n) is 7.85. The van der Waals surface area contributed by atoms with E-state index in [9.17, 15) is 5.11 Å². The highest BCUT2D eigenvalue weighted by molar-refractivity contribution is 6.80. The predicted molar refractivity (Wildman–Crippen MR) is 186 cm³/mol. The van der Waals surface area contributed by atoms with Gasteiger partial charge in [-0.05, 0) is 40.8 Å². The summed E-state index contributed by atoms with van der Waals surface area (Å²) in [6.07, 6.45) is -1.66. The fraction of sp³-hybridized carbons (Fsp3) is 0.667. The predicted octanol–water partition coefficient (Wildman–Crippen LogP) is 14.7. The van der Waals surface area contributed by atoms with Gasteiger partial charge in [-0.15, -0.1) is 0 Å². The number of aliphatic hydroxyl groups excluding tert-OH is 1. The van der Waals surface area contributed by atoms with Crippen LogP contribution in [0.4, 0.5) is 0 Å². The van der Waals surface area contributed by atoms with E-state index in [1.807, 2.05) is 0 Å². The lowest BCUT2D eigenvalue weighted by Crippen LogP contribution is -2.49. The zero-order valence-corrected chi connectivity index (χ0v) is 34.2. The van der Waals surface area contributed by atoms with Crippen LogP contribution in [0.2, 0.25) is 0 Å². The maximum absolute atomic E-state index is 11.2. The first-order valence-corrected chi connectivity index (χ1v) is 17.5. The number of hydrogen-bond acceptors (Lipinski definition) is 1. The van der Waals surface area contributed by atoms with E-state index in [-0.39, 0.29) is 12.0 Å². The van der Waals surface area contributed by atoms with Gasteiger partial charge in [-0.3, -0.25) is 0 Å². The van der Waals surface area contributed by atoms with Crippen LogP contribution in [0, 0.1) is 0 Å². The van der Waals surface area contributed by atoms with Crippen LogP contribution in [0.25, 0.3) is 0 Å². The molecule has 234 valence electrons. The lowest BCUT2D eigenvalue weighted by atomic mass is 9.86. The normalized spacial score (nSPS) is 16.4. The van der Waals surface area contributed by atoms with Crippen molar-refractivity contribution in [3.8, 4) is 0 Å². The van der Waals surface area contributed by atoms with Gasteiger partial charge in [0.25, 0.3) is 0 Å². The van der Waals surface area contributed by atoms with Crippen LogP contribution in [0.3, 0.4) is 0 Å². The number of hydrogen-bond donors (Lipinski definition) is 1. The van der Waals surface area contributed by atoms with Crippen molar-refractivity contribution in [1.82, 2.24) is 0 Å². The van der Waals surface area contributed by atoms with E-state index in [1.165, 1.54) is 6.92 Å². The maximum Gasteiger partial charge on any atom is 0.226 e. The van der Waals surface area contributed by atoms with Crippen LogP contribution in [-0.4, -0.2) is 29.5 Å². The number of alkyl halides is 21. The van der Waals surface area contributed by atoms with Gasteiger partial charge >= 0.3 is 0 Å². The third kappa shape index (κ3) is 7.85. The van der Waals surface area contributed by atoms with E-state index in [4.69, 9.17) is 244 Å². The first kappa shape index (κ1) is 43.3. The molecule has 0 aliphatic rings. The van der Waals surface area contributed by atoms with Crippen LogP contribution in [-0.2, 0) is 13.0 Å². The highest BCUT2D eigenvalue weighted by atomic mass is 35.6. The van der Waals surface area contributed by atoms with Crippen molar-refractivity contribution in [3.63, 3.8) is 0 Å². The van der Waals surface area contributed by atoms with Gasteiger partial charge in [0.05, 0.1) is 6.10 Å². The summed E-state index contributed by atoms with van der Waals surface area (Å²) in [5.74, 6) is 0. The molecule has 0 amide bonds. The van der Waals surface area contributed by atoms with E-state index in [2.05, 4.69) is 0 Å². The summed E-state index contributed by atoms with van der Waals surface area (Å²) in [4.78, 5) is 0. The third-order valence-corrected chi connectivity index (χ3v) is 17.0. The average molecular weight is 986 g/mol. The molecule has 0 bridgehead atoms. The van der Waals surface area contributed by atoms with Gasteiger partial charge in [-0.1, -0.05) is 251 Å². The standard InChI is InChI=1S/C18H9Cl21O/c1-2-8(40)9-6(11(21,22)14(27,28)17(34,35)36)3-5(10(19,20)13(25,26)16(31,32)33)4-7(9)12(23,24)15(29,30)18(37,38)39/h3-4,8,40H,2H2,1H3. The molecule has 1 atom stereocenters. The Bertz CT molecular complexity index is 1020. The maximum atomic E-state index is 11.2. The van der Waals surface area contributed by atoms with Crippen LogP contribution >= 0.6 is 244 Å².